The fraction of sp³-hybridized carbons (Fsp3) is 0.900. The standard InChI is InChI=1S/C20H33N3O2/c24-19(14-18-13-15-4-5-17(18)12-15)23-10-8-22(9-11-23)7-6-21-20(25)16-2-1-3-16/h15-18H,1-14H2,(H,21,25). The quantitative estimate of drug-likeness (QED) is 0.798. The number of rotatable bonds is 6. The normalized spacial score (nSPS) is 32.6. The molecule has 3 aliphatic carbocycles. The van der Waals surface area contributed by atoms with Crippen LogP contribution in [0, 0.1) is 23.7 Å². The minimum atomic E-state index is 0.242. The van der Waals surface area contributed by atoms with E-state index in [1.54, 1.807) is 0 Å². The van der Waals surface area contributed by atoms with Crippen LogP contribution < -0.4 is 5.32 Å². The lowest BCUT2D eigenvalue weighted by molar-refractivity contribution is -0.134. The number of carbonyl (C=O) groups is 2. The highest BCUT2D eigenvalue weighted by atomic mass is 16.2. The molecule has 0 radical (unpaired) electrons. The zero-order valence-corrected chi connectivity index (χ0v) is 15.4. The third kappa shape index (κ3) is 4.02. The van der Waals surface area contributed by atoms with Gasteiger partial charge in [-0.05, 0) is 49.9 Å². The van der Waals surface area contributed by atoms with Gasteiger partial charge in [0.1, 0.15) is 0 Å². The van der Waals surface area contributed by atoms with Crippen molar-refractivity contribution < 1.29 is 9.59 Å². The maximum absolute atomic E-state index is 12.6. The summed E-state index contributed by atoms with van der Waals surface area (Å²) in [4.78, 5) is 28.9. The number of hydrogen-bond donors (Lipinski definition) is 1. The van der Waals surface area contributed by atoms with E-state index in [1.807, 2.05) is 0 Å². The number of carbonyl (C=O) groups excluding carboxylic acids is 2. The second-order valence-corrected chi connectivity index (χ2v) is 8.78. The van der Waals surface area contributed by atoms with E-state index >= 15 is 0 Å². The van der Waals surface area contributed by atoms with Gasteiger partial charge in [0.2, 0.25) is 11.8 Å². The van der Waals surface area contributed by atoms with E-state index in [1.165, 1.54) is 32.1 Å². The first-order valence-corrected chi connectivity index (χ1v) is 10.5. The molecule has 1 N–H and O–H groups in total. The van der Waals surface area contributed by atoms with Crippen molar-refractivity contribution in [2.24, 2.45) is 23.7 Å². The number of nitrogens with zero attached hydrogens (tertiary/aromatic N) is 2. The molecular formula is C20H33N3O2. The fourth-order valence-corrected chi connectivity index (χ4v) is 5.35. The number of amides is 2. The molecule has 0 spiro atoms. The molecule has 0 aromatic heterocycles. The molecule has 3 atom stereocenters. The van der Waals surface area contributed by atoms with Crippen LogP contribution in [0.2, 0.25) is 0 Å². The van der Waals surface area contributed by atoms with Crippen molar-refractivity contribution in [3.63, 3.8) is 0 Å². The molecule has 3 unspecified atom stereocenters. The van der Waals surface area contributed by atoms with E-state index in [2.05, 4.69) is 15.1 Å². The van der Waals surface area contributed by atoms with Gasteiger partial charge in [0.25, 0.3) is 0 Å². The summed E-state index contributed by atoms with van der Waals surface area (Å²) < 4.78 is 0. The Morgan fingerprint density at radius 3 is 2.36 bits per heavy atom. The van der Waals surface area contributed by atoms with Crippen molar-refractivity contribution in [3.8, 4) is 0 Å². The average Bonchev–Trinajstić information content (AvgIpc) is 3.16. The van der Waals surface area contributed by atoms with Gasteiger partial charge in [-0.25, -0.2) is 0 Å². The summed E-state index contributed by atoms with van der Waals surface area (Å²) >= 11 is 0. The first kappa shape index (κ1) is 17.3. The largest absolute Gasteiger partial charge is 0.355 e. The van der Waals surface area contributed by atoms with Gasteiger partial charge in [-0.3, -0.25) is 14.5 Å². The minimum absolute atomic E-state index is 0.242. The van der Waals surface area contributed by atoms with E-state index in [-0.39, 0.29) is 11.8 Å². The monoisotopic (exact) mass is 347 g/mol. The number of nitrogens with one attached hydrogen (secondary N) is 1. The first-order chi connectivity index (χ1) is 12.2. The summed E-state index contributed by atoms with van der Waals surface area (Å²) in [6.07, 6.45) is 9.59. The van der Waals surface area contributed by atoms with Gasteiger partial charge in [0.05, 0.1) is 0 Å². The summed E-state index contributed by atoms with van der Waals surface area (Å²) in [5.41, 5.74) is 0. The topological polar surface area (TPSA) is 52.7 Å². The highest BCUT2D eigenvalue weighted by molar-refractivity contribution is 5.79. The van der Waals surface area contributed by atoms with Crippen LogP contribution in [-0.2, 0) is 9.59 Å². The van der Waals surface area contributed by atoms with Crippen molar-refractivity contribution in [1.82, 2.24) is 15.1 Å². The van der Waals surface area contributed by atoms with Gasteiger partial charge in [0.15, 0.2) is 0 Å². The van der Waals surface area contributed by atoms with Gasteiger partial charge < -0.3 is 10.2 Å². The van der Waals surface area contributed by atoms with Crippen LogP contribution in [0.1, 0.15) is 51.4 Å². The lowest BCUT2D eigenvalue weighted by atomic mass is 9.85. The molecule has 1 aliphatic heterocycles. The van der Waals surface area contributed by atoms with Crippen molar-refractivity contribution in [3.05, 3.63) is 0 Å². The molecule has 4 rings (SSSR count). The molecule has 0 aromatic rings. The third-order valence-corrected chi connectivity index (χ3v) is 7.25. The maximum atomic E-state index is 12.6. The van der Waals surface area contributed by atoms with E-state index in [4.69, 9.17) is 0 Å². The Morgan fingerprint density at radius 1 is 0.960 bits per heavy atom. The molecule has 4 fully saturated rings. The van der Waals surface area contributed by atoms with Gasteiger partial charge >= 0.3 is 0 Å². The Balaban J connectivity index is 1.12. The van der Waals surface area contributed by atoms with Crippen LogP contribution in [0.15, 0.2) is 0 Å². The van der Waals surface area contributed by atoms with Gasteiger partial charge in [-0.1, -0.05) is 12.8 Å². The Morgan fingerprint density at radius 2 is 1.76 bits per heavy atom. The van der Waals surface area contributed by atoms with Gasteiger partial charge in [-0.2, -0.15) is 0 Å². The molecule has 3 saturated carbocycles. The number of piperazine rings is 1. The van der Waals surface area contributed by atoms with Crippen molar-refractivity contribution in [1.29, 1.82) is 0 Å². The molecule has 140 valence electrons. The van der Waals surface area contributed by atoms with Gasteiger partial charge in [0, 0.05) is 51.6 Å². The lowest BCUT2D eigenvalue weighted by Crippen LogP contribution is -2.50. The molecule has 1 heterocycles. The summed E-state index contributed by atoms with van der Waals surface area (Å²) in [5, 5.41) is 3.07. The first-order valence-electron chi connectivity index (χ1n) is 10.5. The van der Waals surface area contributed by atoms with Crippen molar-refractivity contribution in [2.75, 3.05) is 39.3 Å². The predicted molar refractivity (Wildman–Crippen MR) is 96.9 cm³/mol. The molecule has 2 amide bonds. The Labute approximate surface area is 151 Å². The van der Waals surface area contributed by atoms with Crippen LogP contribution in [-0.4, -0.2) is 60.9 Å². The Kier molecular flexibility index (Phi) is 5.30. The van der Waals surface area contributed by atoms with E-state index in [9.17, 15) is 9.59 Å². The summed E-state index contributed by atoms with van der Waals surface area (Å²) in [6.45, 7) is 5.26. The van der Waals surface area contributed by atoms with E-state index in [0.717, 1.165) is 70.4 Å². The number of hydrogen-bond acceptors (Lipinski definition) is 3. The zero-order valence-electron chi connectivity index (χ0n) is 15.4. The summed E-state index contributed by atoms with van der Waals surface area (Å²) in [6, 6.07) is 0. The average molecular weight is 348 g/mol. The Bertz CT molecular complexity index is 497. The molecule has 0 aromatic carbocycles. The highest BCUT2D eigenvalue weighted by Gasteiger charge is 2.40. The van der Waals surface area contributed by atoms with E-state index < -0.39 is 0 Å². The SMILES string of the molecule is O=C(NCCN1CCN(C(=O)CC2CC3CCC2C3)CC1)C1CCC1. The molecule has 4 aliphatic rings. The molecule has 1 saturated heterocycles. The molecule has 2 bridgehead atoms. The second kappa shape index (κ2) is 7.65. The summed E-state index contributed by atoms with van der Waals surface area (Å²) in [7, 11) is 0. The smallest absolute Gasteiger partial charge is 0.223 e. The highest BCUT2D eigenvalue weighted by Crippen LogP contribution is 2.49. The number of fused-ring (bicyclic) bond motifs is 2. The zero-order chi connectivity index (χ0) is 17.2. The lowest BCUT2D eigenvalue weighted by Gasteiger charge is -2.36. The molecule has 25 heavy (non-hydrogen) atoms. The van der Waals surface area contributed by atoms with Crippen molar-refractivity contribution in [2.45, 2.75) is 51.4 Å². The van der Waals surface area contributed by atoms with E-state index in [0.29, 0.717) is 11.8 Å². The fourth-order valence-electron chi connectivity index (χ4n) is 5.35. The van der Waals surface area contributed by atoms with Crippen molar-refractivity contribution >= 4 is 11.8 Å². The van der Waals surface area contributed by atoms with Crippen LogP contribution in [0.4, 0.5) is 0 Å². The second-order valence-electron chi connectivity index (χ2n) is 8.78. The van der Waals surface area contributed by atoms with Crippen LogP contribution in [0.25, 0.3) is 0 Å². The Hall–Kier alpha value is -1.10. The molecule has 5 nitrogen and oxygen atoms in total. The molecular weight excluding hydrogens is 314 g/mol. The van der Waals surface area contributed by atoms with Crippen LogP contribution >= 0.6 is 0 Å². The van der Waals surface area contributed by atoms with Crippen LogP contribution in [0.3, 0.4) is 0 Å². The summed E-state index contributed by atoms with van der Waals surface area (Å²) in [5.74, 6) is 3.34. The third-order valence-electron chi connectivity index (χ3n) is 7.25. The van der Waals surface area contributed by atoms with Gasteiger partial charge in [-0.15, -0.1) is 0 Å². The molecule has 5 heteroatoms. The minimum Gasteiger partial charge on any atom is -0.355 e. The predicted octanol–water partition coefficient (Wildman–Crippen LogP) is 1.87. The van der Waals surface area contributed by atoms with Crippen LogP contribution in [0.5, 0.6) is 0 Å². The maximum Gasteiger partial charge on any atom is 0.223 e.